The number of hydrogen-bond donors (Lipinski definition) is 7. The highest BCUT2D eigenvalue weighted by Gasteiger charge is 2.53. The van der Waals surface area contributed by atoms with Crippen molar-refractivity contribution in [2.45, 2.75) is 48.5 Å². The van der Waals surface area contributed by atoms with E-state index in [4.69, 9.17) is 20.3 Å². The average molecular weight is 587 g/mol. The first-order chi connectivity index (χ1) is 18.4. The topological polar surface area (TPSA) is 259 Å². The minimum Gasteiger partial charge on any atom is -0.479 e. The number of aliphatic hydroxyl groups excluding tert-OH is 3. The predicted octanol–water partition coefficient (Wildman–Crippen LogP) is -2.70. The Hall–Kier alpha value is -3.55. The number of esters is 1. The number of nitrogen functional groups attached to an aromatic ring is 1. The number of rotatable bonds is 8. The average Bonchev–Trinajstić information content (AvgIpc) is 3.32. The number of carbonyl (C=O) groups excluding carboxylic acids is 3. The van der Waals surface area contributed by atoms with E-state index in [0.717, 1.165) is 22.3 Å². The van der Waals surface area contributed by atoms with Crippen LogP contribution in [0, 0.1) is 0 Å². The van der Waals surface area contributed by atoms with Crippen LogP contribution in [0.4, 0.5) is 5.13 Å². The summed E-state index contributed by atoms with van der Waals surface area (Å²) in [5, 5.41) is 51.4. The molecule has 16 nitrogen and oxygen atoms in total. The maximum absolute atomic E-state index is 13.1. The number of thioether (sulfide) groups is 1. The summed E-state index contributed by atoms with van der Waals surface area (Å²) in [4.78, 5) is 65.9. The number of thiazole rings is 1. The van der Waals surface area contributed by atoms with Crippen LogP contribution in [0.3, 0.4) is 0 Å². The molecule has 39 heavy (non-hydrogen) atoms. The highest BCUT2D eigenvalue weighted by molar-refractivity contribution is 8.00. The molecular formula is C21H22N4O12S2. The van der Waals surface area contributed by atoms with Crippen LogP contribution in [0.1, 0.15) is 12.1 Å². The predicted molar refractivity (Wildman–Crippen MR) is 130 cm³/mol. The van der Waals surface area contributed by atoms with Crippen LogP contribution in [-0.4, -0.2) is 113 Å². The van der Waals surface area contributed by atoms with Gasteiger partial charge in [-0.15, -0.1) is 23.1 Å². The molecule has 4 heterocycles. The van der Waals surface area contributed by atoms with E-state index >= 15 is 0 Å². The number of amides is 2. The number of β-lactam (4-membered cyclic amide) rings is 1. The van der Waals surface area contributed by atoms with Gasteiger partial charge in [-0.2, -0.15) is 0 Å². The fourth-order valence-electron chi connectivity index (χ4n) is 3.99. The number of fused-ring (bicyclic) bond motifs is 1. The summed E-state index contributed by atoms with van der Waals surface area (Å²) < 4.78 is 9.82. The van der Waals surface area contributed by atoms with Crippen LogP contribution in [0.15, 0.2) is 23.2 Å². The molecule has 210 valence electrons. The van der Waals surface area contributed by atoms with Gasteiger partial charge >= 0.3 is 17.9 Å². The third-order valence-electron chi connectivity index (χ3n) is 5.93. The minimum absolute atomic E-state index is 0.0623. The number of ether oxygens (including phenoxy) is 2. The Morgan fingerprint density at radius 2 is 1.92 bits per heavy atom. The summed E-state index contributed by atoms with van der Waals surface area (Å²) in [6.45, 7) is 0. The quantitative estimate of drug-likeness (QED) is 0.0929. The summed E-state index contributed by atoms with van der Waals surface area (Å²) >= 11 is 2.24. The lowest BCUT2D eigenvalue weighted by Crippen LogP contribution is -2.70. The van der Waals surface area contributed by atoms with Crippen LogP contribution in [0.25, 0.3) is 5.57 Å². The summed E-state index contributed by atoms with van der Waals surface area (Å²) in [5.74, 6) is -5.20. The van der Waals surface area contributed by atoms with E-state index in [-0.39, 0.29) is 22.1 Å². The van der Waals surface area contributed by atoms with Crippen LogP contribution in [0.5, 0.6) is 0 Å². The molecule has 0 aromatic carbocycles. The molecule has 1 aromatic rings. The van der Waals surface area contributed by atoms with E-state index in [1.807, 2.05) is 0 Å². The lowest BCUT2D eigenvalue weighted by molar-refractivity contribution is -0.286. The van der Waals surface area contributed by atoms with Gasteiger partial charge in [0.1, 0.15) is 35.4 Å². The Morgan fingerprint density at radius 1 is 1.21 bits per heavy atom. The summed E-state index contributed by atoms with van der Waals surface area (Å²) in [6, 6.07) is -1.05. The molecule has 2 amide bonds. The Bertz CT molecular complexity index is 1270. The van der Waals surface area contributed by atoms with Crippen molar-refractivity contribution in [1.29, 1.82) is 0 Å². The standard InChI is InChI=1S/C21H22N4O12S2/c22-21-23-7(5-39-21)6(15(30)24-10-16(31)25-8(18(32)33)3-4-38-17(10)25)1-2-9(26)36-20-13(29)11(27)12(28)14(37-20)19(34)35/h1,3,5,10-14,17,20,27-29H,2,4H2,(H2,22,23)(H,24,30)(H,32,33)(H,34,35)/b6-1-/t10-,11?,12?,13?,14?,17-,20?/m1/s1. The molecule has 8 N–H and O–H groups in total. The Balaban J connectivity index is 1.46. The van der Waals surface area contributed by atoms with Gasteiger partial charge in [0, 0.05) is 11.1 Å². The van der Waals surface area contributed by atoms with Gasteiger partial charge in [-0.1, -0.05) is 6.08 Å². The van der Waals surface area contributed by atoms with Crippen molar-refractivity contribution in [3.05, 3.63) is 28.9 Å². The van der Waals surface area contributed by atoms with Crippen LogP contribution in [0.2, 0.25) is 0 Å². The van der Waals surface area contributed by atoms with E-state index in [9.17, 15) is 44.4 Å². The zero-order valence-corrected chi connectivity index (χ0v) is 21.2. The zero-order valence-electron chi connectivity index (χ0n) is 19.6. The largest absolute Gasteiger partial charge is 0.479 e. The molecule has 18 heteroatoms. The van der Waals surface area contributed by atoms with E-state index in [1.165, 1.54) is 23.2 Å². The molecule has 3 aliphatic rings. The lowest BCUT2D eigenvalue weighted by Gasteiger charge is -2.48. The first-order valence-electron chi connectivity index (χ1n) is 11.1. The number of aliphatic carboxylic acids is 2. The van der Waals surface area contributed by atoms with Gasteiger partial charge in [0.25, 0.3) is 11.8 Å². The number of nitrogens with one attached hydrogen (secondary N) is 1. The fourth-order valence-corrected chi connectivity index (χ4v) is 5.75. The maximum atomic E-state index is 13.1. The smallest absolute Gasteiger partial charge is 0.352 e. The monoisotopic (exact) mass is 586 g/mol. The SMILES string of the molecule is Nc1nc(/C(=C/CC(=O)OC2OC(C(=O)O)C(O)C(O)C2O)C(=O)N[C@@H]2C(=O)N3C(C(=O)O)=CCS[C@H]23)cs1. The summed E-state index contributed by atoms with van der Waals surface area (Å²) in [7, 11) is 0. The molecule has 3 aliphatic heterocycles. The number of nitrogens with zero attached hydrogens (tertiary/aromatic N) is 2. The lowest BCUT2D eigenvalue weighted by atomic mass is 9.99. The fraction of sp³-hybridized carbons (Fsp3) is 0.429. The van der Waals surface area contributed by atoms with Gasteiger partial charge in [0.05, 0.1) is 17.7 Å². The van der Waals surface area contributed by atoms with Crippen molar-refractivity contribution >= 4 is 63.5 Å². The summed E-state index contributed by atoms with van der Waals surface area (Å²) in [5.41, 5.74) is 5.36. The number of carboxylic acid groups (broad SMARTS) is 2. The van der Waals surface area contributed by atoms with Crippen molar-refractivity contribution in [3.8, 4) is 0 Å². The molecule has 1 aromatic heterocycles. The number of anilines is 1. The van der Waals surface area contributed by atoms with Crippen LogP contribution in [-0.2, 0) is 33.4 Å². The van der Waals surface area contributed by atoms with Crippen molar-refractivity contribution in [2.75, 3.05) is 11.5 Å². The Labute approximate surface area is 226 Å². The van der Waals surface area contributed by atoms with Gasteiger partial charge in [-0.05, 0) is 6.08 Å². The molecule has 7 atom stereocenters. The molecule has 0 aliphatic carbocycles. The second kappa shape index (κ2) is 11.3. The third-order valence-corrected chi connectivity index (χ3v) is 7.79. The molecule has 0 spiro atoms. The number of carboxylic acids is 2. The molecule has 5 unspecified atom stereocenters. The van der Waals surface area contributed by atoms with Gasteiger partial charge in [0.15, 0.2) is 11.2 Å². The normalized spacial score (nSPS) is 30.5. The van der Waals surface area contributed by atoms with Crippen LogP contribution < -0.4 is 11.1 Å². The number of carbonyl (C=O) groups is 5. The molecule has 2 saturated heterocycles. The number of aliphatic hydroxyl groups is 3. The third kappa shape index (κ3) is 5.60. The van der Waals surface area contributed by atoms with Crippen molar-refractivity contribution in [2.24, 2.45) is 0 Å². The molecular weight excluding hydrogens is 564 g/mol. The maximum Gasteiger partial charge on any atom is 0.352 e. The van der Waals surface area contributed by atoms with Crippen LogP contribution >= 0.6 is 23.1 Å². The molecule has 4 rings (SSSR count). The zero-order chi connectivity index (χ0) is 28.6. The second-order valence-electron chi connectivity index (χ2n) is 8.40. The van der Waals surface area contributed by atoms with Gasteiger partial charge in [-0.3, -0.25) is 19.3 Å². The Morgan fingerprint density at radius 3 is 2.54 bits per heavy atom. The number of nitrogens with two attached hydrogens (primary N) is 1. The van der Waals surface area contributed by atoms with Gasteiger partial charge in [-0.25, -0.2) is 14.6 Å². The van der Waals surface area contributed by atoms with Crippen molar-refractivity contribution in [1.82, 2.24) is 15.2 Å². The number of aromatic nitrogens is 1. The van der Waals surface area contributed by atoms with Gasteiger partial charge < -0.3 is 46.1 Å². The van der Waals surface area contributed by atoms with Crippen molar-refractivity contribution < 1.29 is 59.0 Å². The highest BCUT2D eigenvalue weighted by atomic mass is 32.2. The van der Waals surface area contributed by atoms with Gasteiger partial charge in [0.2, 0.25) is 6.29 Å². The minimum atomic E-state index is -1.98. The highest BCUT2D eigenvalue weighted by Crippen LogP contribution is 2.37. The van der Waals surface area contributed by atoms with E-state index in [2.05, 4.69) is 10.3 Å². The molecule has 0 saturated carbocycles. The molecule has 0 radical (unpaired) electrons. The van der Waals surface area contributed by atoms with E-state index < -0.39 is 78.3 Å². The molecule has 0 bridgehead atoms. The number of hydrogen-bond acceptors (Lipinski definition) is 14. The summed E-state index contributed by atoms with van der Waals surface area (Å²) in [6.07, 6.45) is -7.99. The first kappa shape index (κ1) is 28.5. The second-order valence-corrected chi connectivity index (χ2v) is 10.4. The molecule has 2 fully saturated rings. The van der Waals surface area contributed by atoms with E-state index in [1.54, 1.807) is 0 Å². The van der Waals surface area contributed by atoms with E-state index in [0.29, 0.717) is 5.75 Å². The van der Waals surface area contributed by atoms with Crippen molar-refractivity contribution in [3.63, 3.8) is 0 Å². The first-order valence-corrected chi connectivity index (χ1v) is 13.1. The Kier molecular flexibility index (Phi) is 8.23.